The van der Waals surface area contributed by atoms with Crippen LogP contribution in [-0.2, 0) is 0 Å². The molecule has 1 radical (unpaired) electrons. The van der Waals surface area contributed by atoms with Crippen molar-refractivity contribution in [3.8, 4) is 0 Å². The van der Waals surface area contributed by atoms with E-state index in [4.69, 9.17) is 0 Å². The zero-order valence-corrected chi connectivity index (χ0v) is 6.31. The number of rotatable bonds is 0. The highest BCUT2D eigenvalue weighted by molar-refractivity contribution is 5.19. The molecule has 1 aromatic carbocycles. The van der Waals surface area contributed by atoms with E-state index in [1.807, 2.05) is 0 Å². The summed E-state index contributed by atoms with van der Waals surface area (Å²) < 4.78 is 0. The van der Waals surface area contributed by atoms with Crippen LogP contribution in [0, 0.1) is 21.3 Å². The van der Waals surface area contributed by atoms with Crippen LogP contribution < -0.4 is 0 Å². The van der Waals surface area contributed by atoms with Crippen LogP contribution in [0.25, 0.3) is 0 Å². The Morgan fingerprint density at radius 1 is 0.778 bits per heavy atom. The van der Waals surface area contributed by atoms with Crippen molar-refractivity contribution >= 4 is 0 Å². The molecule has 1 aromatic rings. The summed E-state index contributed by atoms with van der Waals surface area (Å²) >= 11 is 0. The summed E-state index contributed by atoms with van der Waals surface area (Å²) in [6.07, 6.45) is 0. The molecule has 0 N–H and O–H groups in total. The standard InChI is InChI=1S/C8H10.CH3/c1-7-3-5-8(2)6-4-7;/h3-6H,1-2H3;1H3. The minimum absolute atomic E-state index is 0. The second kappa shape index (κ2) is 3.29. The van der Waals surface area contributed by atoms with Crippen LogP contribution in [0.5, 0.6) is 0 Å². The molecule has 0 nitrogen and oxygen atoms in total. The number of aryl methyl sites for hydroxylation is 2. The molecule has 0 saturated heterocycles. The van der Waals surface area contributed by atoms with Crippen LogP contribution in [0.1, 0.15) is 11.1 Å². The quantitative estimate of drug-likeness (QED) is 0.495. The lowest BCUT2D eigenvalue weighted by molar-refractivity contribution is 1.40. The summed E-state index contributed by atoms with van der Waals surface area (Å²) in [6.45, 7) is 4.19. The van der Waals surface area contributed by atoms with E-state index in [9.17, 15) is 0 Å². The van der Waals surface area contributed by atoms with Gasteiger partial charge in [0.2, 0.25) is 0 Å². The lowest BCUT2D eigenvalue weighted by Crippen LogP contribution is -1.70. The molecule has 0 saturated carbocycles. The summed E-state index contributed by atoms with van der Waals surface area (Å²) in [5.41, 5.74) is 2.66. The SMILES string of the molecule is Cc1ccc(C)cc1.[CH3]. The van der Waals surface area contributed by atoms with Gasteiger partial charge in [-0.25, -0.2) is 0 Å². The van der Waals surface area contributed by atoms with Gasteiger partial charge in [-0.3, -0.25) is 0 Å². The zero-order valence-electron chi connectivity index (χ0n) is 6.31. The van der Waals surface area contributed by atoms with Gasteiger partial charge in [0.05, 0.1) is 0 Å². The van der Waals surface area contributed by atoms with Gasteiger partial charge >= 0.3 is 0 Å². The molecule has 9 heavy (non-hydrogen) atoms. The van der Waals surface area contributed by atoms with Gasteiger partial charge in [-0.2, -0.15) is 0 Å². The van der Waals surface area contributed by atoms with Gasteiger partial charge in [0.25, 0.3) is 0 Å². The molecule has 0 heterocycles. The molecule has 0 aliphatic carbocycles. The minimum Gasteiger partial charge on any atom is -0.0683 e. The van der Waals surface area contributed by atoms with Crippen molar-refractivity contribution < 1.29 is 0 Å². The van der Waals surface area contributed by atoms with E-state index in [0.29, 0.717) is 0 Å². The normalized spacial score (nSPS) is 8.22. The van der Waals surface area contributed by atoms with Crippen molar-refractivity contribution in [2.45, 2.75) is 13.8 Å². The lowest BCUT2D eigenvalue weighted by Gasteiger charge is -1.90. The maximum Gasteiger partial charge on any atom is -0.0398 e. The second-order valence-corrected chi connectivity index (χ2v) is 2.15. The average Bonchev–Trinajstić information content (AvgIpc) is 1.77. The van der Waals surface area contributed by atoms with E-state index < -0.39 is 0 Å². The third kappa shape index (κ3) is 2.31. The molecule has 0 heteroatoms. The predicted molar refractivity (Wildman–Crippen MR) is 42.3 cm³/mol. The molecular weight excluding hydrogens is 108 g/mol. The van der Waals surface area contributed by atoms with Crippen molar-refractivity contribution in [3.05, 3.63) is 42.8 Å². The van der Waals surface area contributed by atoms with E-state index in [0.717, 1.165) is 0 Å². The summed E-state index contributed by atoms with van der Waals surface area (Å²) in [7, 11) is 0. The first kappa shape index (κ1) is 8.22. The number of hydrogen-bond donors (Lipinski definition) is 0. The summed E-state index contributed by atoms with van der Waals surface area (Å²) in [4.78, 5) is 0. The fourth-order valence-corrected chi connectivity index (χ4v) is 0.637. The molecular formula is C9H13. The van der Waals surface area contributed by atoms with Crippen molar-refractivity contribution in [3.63, 3.8) is 0 Å². The molecule has 0 fully saturated rings. The number of benzene rings is 1. The Morgan fingerprint density at radius 2 is 1.00 bits per heavy atom. The van der Waals surface area contributed by atoms with Gasteiger partial charge in [0.15, 0.2) is 0 Å². The Morgan fingerprint density at radius 3 is 1.22 bits per heavy atom. The van der Waals surface area contributed by atoms with Gasteiger partial charge in [0, 0.05) is 0 Å². The summed E-state index contributed by atoms with van der Waals surface area (Å²) in [6, 6.07) is 8.48. The van der Waals surface area contributed by atoms with E-state index >= 15 is 0 Å². The summed E-state index contributed by atoms with van der Waals surface area (Å²) in [5.74, 6) is 0. The van der Waals surface area contributed by atoms with Gasteiger partial charge in [-0.05, 0) is 13.8 Å². The van der Waals surface area contributed by atoms with Gasteiger partial charge in [0.1, 0.15) is 0 Å². The van der Waals surface area contributed by atoms with E-state index in [1.54, 1.807) is 0 Å². The maximum atomic E-state index is 2.12. The minimum atomic E-state index is 0. The van der Waals surface area contributed by atoms with E-state index in [-0.39, 0.29) is 7.43 Å². The lowest BCUT2D eigenvalue weighted by atomic mass is 10.2. The first-order valence-electron chi connectivity index (χ1n) is 2.82. The molecule has 0 bridgehead atoms. The Balaban J connectivity index is 0.000000640. The molecule has 0 unspecified atom stereocenters. The zero-order chi connectivity index (χ0) is 5.98. The molecule has 1 rings (SSSR count). The highest BCUT2D eigenvalue weighted by Gasteiger charge is 1.79. The fourth-order valence-electron chi connectivity index (χ4n) is 0.637. The molecule has 0 aromatic heterocycles. The molecule has 0 aliphatic rings. The highest BCUT2D eigenvalue weighted by atomic mass is 13.9. The van der Waals surface area contributed by atoms with Crippen LogP contribution in [-0.4, -0.2) is 0 Å². The smallest absolute Gasteiger partial charge is 0.0398 e. The number of hydrogen-bond acceptors (Lipinski definition) is 0. The molecule has 0 aliphatic heterocycles. The Kier molecular flexibility index (Phi) is 3.00. The van der Waals surface area contributed by atoms with E-state index in [2.05, 4.69) is 38.1 Å². The first-order valence-corrected chi connectivity index (χ1v) is 2.82. The van der Waals surface area contributed by atoms with Gasteiger partial charge in [-0.15, -0.1) is 0 Å². The molecule has 0 spiro atoms. The van der Waals surface area contributed by atoms with Crippen molar-refractivity contribution in [1.29, 1.82) is 0 Å². The van der Waals surface area contributed by atoms with Gasteiger partial charge < -0.3 is 0 Å². The largest absolute Gasteiger partial charge is 0.0683 e. The van der Waals surface area contributed by atoms with Crippen LogP contribution in [0.4, 0.5) is 0 Å². The third-order valence-corrected chi connectivity index (χ3v) is 1.22. The van der Waals surface area contributed by atoms with Crippen LogP contribution >= 0.6 is 0 Å². The molecule has 0 atom stereocenters. The van der Waals surface area contributed by atoms with Crippen molar-refractivity contribution in [1.82, 2.24) is 0 Å². The predicted octanol–water partition coefficient (Wildman–Crippen LogP) is 2.75. The maximum absolute atomic E-state index is 2.12. The topological polar surface area (TPSA) is 0 Å². The van der Waals surface area contributed by atoms with Crippen LogP contribution in [0.2, 0.25) is 0 Å². The Hall–Kier alpha value is -0.780. The second-order valence-electron chi connectivity index (χ2n) is 2.15. The monoisotopic (exact) mass is 121 g/mol. The van der Waals surface area contributed by atoms with Crippen molar-refractivity contribution in [2.24, 2.45) is 0 Å². The van der Waals surface area contributed by atoms with Crippen LogP contribution in [0.3, 0.4) is 0 Å². The van der Waals surface area contributed by atoms with Gasteiger partial charge in [-0.1, -0.05) is 42.8 Å². The van der Waals surface area contributed by atoms with E-state index in [1.165, 1.54) is 11.1 Å². The molecule has 49 valence electrons. The average molecular weight is 121 g/mol. The van der Waals surface area contributed by atoms with Crippen molar-refractivity contribution in [2.75, 3.05) is 0 Å². The Bertz CT molecular complexity index is 139. The van der Waals surface area contributed by atoms with Crippen LogP contribution in [0.15, 0.2) is 24.3 Å². The fraction of sp³-hybridized carbons (Fsp3) is 0.222. The third-order valence-electron chi connectivity index (χ3n) is 1.22. The molecule has 0 amide bonds. The highest BCUT2D eigenvalue weighted by Crippen LogP contribution is 1.99. The Labute approximate surface area is 57.5 Å². The first-order chi connectivity index (χ1) is 3.79. The summed E-state index contributed by atoms with van der Waals surface area (Å²) in [5, 5.41) is 0.